The van der Waals surface area contributed by atoms with Crippen molar-refractivity contribution < 1.29 is 0 Å². The third-order valence-corrected chi connectivity index (χ3v) is 3.97. The van der Waals surface area contributed by atoms with Crippen LogP contribution in [-0.4, -0.2) is 36.1 Å². The Bertz CT molecular complexity index is 339. The fourth-order valence-electron chi connectivity index (χ4n) is 2.77. The number of aromatic nitrogens is 1. The highest BCUT2D eigenvalue weighted by molar-refractivity contribution is 5.08. The van der Waals surface area contributed by atoms with E-state index in [1.54, 1.807) is 0 Å². The van der Waals surface area contributed by atoms with E-state index in [4.69, 9.17) is 0 Å². The first-order valence-electron chi connectivity index (χ1n) is 6.54. The van der Waals surface area contributed by atoms with Crippen molar-refractivity contribution in [1.29, 1.82) is 0 Å². The maximum atomic E-state index is 4.46. The summed E-state index contributed by atoms with van der Waals surface area (Å²) in [4.78, 5) is 7.00. The third-order valence-electron chi connectivity index (χ3n) is 3.97. The summed E-state index contributed by atoms with van der Waals surface area (Å²) in [6.07, 6.45) is 3.12. The fourth-order valence-corrected chi connectivity index (χ4v) is 2.77. The predicted octanol–water partition coefficient (Wildman–Crippen LogP) is 2.07. The van der Waals surface area contributed by atoms with Crippen LogP contribution in [-0.2, 0) is 0 Å². The highest BCUT2D eigenvalue weighted by Gasteiger charge is 2.28. The molecule has 1 aromatic rings. The standard InChI is InChI=1S/C14H23N3/c1-11-10-17(9-7-13(11)15-3)12(2)14-6-4-5-8-16-14/h4-6,8,11-13,15H,7,9-10H2,1-3H3. The van der Waals surface area contributed by atoms with Crippen LogP contribution in [0.3, 0.4) is 0 Å². The zero-order chi connectivity index (χ0) is 12.3. The Morgan fingerprint density at radius 1 is 1.47 bits per heavy atom. The minimum absolute atomic E-state index is 0.427. The number of likely N-dealkylation sites (tertiary alicyclic amines) is 1. The summed E-state index contributed by atoms with van der Waals surface area (Å²) in [6, 6.07) is 7.27. The average molecular weight is 233 g/mol. The van der Waals surface area contributed by atoms with Gasteiger partial charge in [0.2, 0.25) is 0 Å². The van der Waals surface area contributed by atoms with Crippen molar-refractivity contribution in [1.82, 2.24) is 15.2 Å². The van der Waals surface area contributed by atoms with E-state index in [-0.39, 0.29) is 0 Å². The van der Waals surface area contributed by atoms with Crippen molar-refractivity contribution in [3.8, 4) is 0 Å². The number of piperidine rings is 1. The molecule has 0 aliphatic carbocycles. The molecule has 0 spiro atoms. The van der Waals surface area contributed by atoms with Crippen LogP contribution in [0.2, 0.25) is 0 Å². The molecule has 1 N–H and O–H groups in total. The Morgan fingerprint density at radius 3 is 2.88 bits per heavy atom. The van der Waals surface area contributed by atoms with Gasteiger partial charge in [-0.3, -0.25) is 9.88 Å². The first kappa shape index (κ1) is 12.5. The molecule has 0 amide bonds. The van der Waals surface area contributed by atoms with Crippen molar-refractivity contribution in [2.75, 3.05) is 20.1 Å². The third kappa shape index (κ3) is 2.85. The molecular weight excluding hydrogens is 210 g/mol. The summed E-state index contributed by atoms with van der Waals surface area (Å²) >= 11 is 0. The van der Waals surface area contributed by atoms with Crippen molar-refractivity contribution >= 4 is 0 Å². The summed E-state index contributed by atoms with van der Waals surface area (Å²) in [6.45, 7) is 6.91. The van der Waals surface area contributed by atoms with Crippen LogP contribution in [0.1, 0.15) is 32.0 Å². The molecule has 0 aromatic carbocycles. The van der Waals surface area contributed by atoms with Crippen LogP contribution in [0.25, 0.3) is 0 Å². The second-order valence-corrected chi connectivity index (χ2v) is 5.09. The maximum absolute atomic E-state index is 4.46. The Balaban J connectivity index is 2.00. The molecule has 1 aromatic heterocycles. The van der Waals surface area contributed by atoms with Crippen molar-refractivity contribution in [3.63, 3.8) is 0 Å². The molecule has 1 aliphatic rings. The Morgan fingerprint density at radius 2 is 2.29 bits per heavy atom. The molecule has 3 nitrogen and oxygen atoms in total. The van der Waals surface area contributed by atoms with Gasteiger partial charge in [0.05, 0.1) is 5.69 Å². The van der Waals surface area contributed by atoms with E-state index in [1.807, 2.05) is 12.3 Å². The van der Waals surface area contributed by atoms with Gasteiger partial charge in [0.25, 0.3) is 0 Å². The monoisotopic (exact) mass is 233 g/mol. The molecule has 17 heavy (non-hydrogen) atoms. The largest absolute Gasteiger partial charge is 0.317 e. The van der Waals surface area contributed by atoms with Crippen LogP contribution in [0, 0.1) is 5.92 Å². The van der Waals surface area contributed by atoms with E-state index < -0.39 is 0 Å². The number of rotatable bonds is 3. The molecule has 94 valence electrons. The van der Waals surface area contributed by atoms with Crippen molar-refractivity contribution in [2.24, 2.45) is 5.92 Å². The second kappa shape index (κ2) is 5.61. The van der Waals surface area contributed by atoms with E-state index in [9.17, 15) is 0 Å². The lowest BCUT2D eigenvalue weighted by atomic mass is 9.92. The lowest BCUT2D eigenvalue weighted by molar-refractivity contribution is 0.112. The van der Waals surface area contributed by atoms with Crippen LogP contribution < -0.4 is 5.32 Å². The normalized spacial score (nSPS) is 27.9. The summed E-state index contributed by atoms with van der Waals surface area (Å²) in [5, 5.41) is 3.41. The van der Waals surface area contributed by atoms with Gasteiger partial charge in [-0.05, 0) is 38.4 Å². The average Bonchev–Trinajstić information content (AvgIpc) is 2.39. The van der Waals surface area contributed by atoms with Gasteiger partial charge in [0.1, 0.15) is 0 Å². The molecule has 0 radical (unpaired) electrons. The molecule has 3 atom stereocenters. The van der Waals surface area contributed by atoms with Crippen molar-refractivity contribution in [3.05, 3.63) is 30.1 Å². The first-order chi connectivity index (χ1) is 8.22. The molecule has 3 unspecified atom stereocenters. The number of hydrogen-bond donors (Lipinski definition) is 1. The Labute approximate surface area is 104 Å². The zero-order valence-electron chi connectivity index (χ0n) is 11.1. The number of pyridine rings is 1. The lowest BCUT2D eigenvalue weighted by Gasteiger charge is -2.39. The first-order valence-corrected chi connectivity index (χ1v) is 6.54. The molecule has 2 heterocycles. The van der Waals surface area contributed by atoms with Crippen LogP contribution >= 0.6 is 0 Å². The fraction of sp³-hybridized carbons (Fsp3) is 0.643. The topological polar surface area (TPSA) is 28.2 Å². The SMILES string of the molecule is CNC1CCN(C(C)c2ccccn2)CC1C. The van der Waals surface area contributed by atoms with Crippen LogP contribution in [0.4, 0.5) is 0 Å². The number of nitrogens with one attached hydrogen (secondary N) is 1. The molecule has 2 rings (SSSR count). The van der Waals surface area contributed by atoms with E-state index in [0.717, 1.165) is 13.1 Å². The quantitative estimate of drug-likeness (QED) is 0.866. The van der Waals surface area contributed by atoms with Gasteiger partial charge in [-0.15, -0.1) is 0 Å². The molecule has 1 saturated heterocycles. The predicted molar refractivity (Wildman–Crippen MR) is 70.9 cm³/mol. The summed E-state index contributed by atoms with van der Waals surface area (Å²) in [5.41, 5.74) is 1.18. The molecule has 0 saturated carbocycles. The molecule has 0 bridgehead atoms. The van der Waals surface area contributed by atoms with E-state index >= 15 is 0 Å². The van der Waals surface area contributed by atoms with E-state index in [2.05, 4.69) is 48.2 Å². The molecular formula is C14H23N3. The molecule has 1 fully saturated rings. The van der Waals surface area contributed by atoms with Crippen LogP contribution in [0.5, 0.6) is 0 Å². The van der Waals surface area contributed by atoms with E-state index in [1.165, 1.54) is 12.1 Å². The number of hydrogen-bond acceptors (Lipinski definition) is 3. The zero-order valence-corrected chi connectivity index (χ0v) is 11.1. The number of nitrogens with zero attached hydrogens (tertiary/aromatic N) is 2. The molecule has 1 aliphatic heterocycles. The summed E-state index contributed by atoms with van der Waals surface area (Å²) < 4.78 is 0. The van der Waals surface area contributed by atoms with Gasteiger partial charge in [-0.1, -0.05) is 13.0 Å². The van der Waals surface area contributed by atoms with Gasteiger partial charge >= 0.3 is 0 Å². The molecule has 3 heteroatoms. The van der Waals surface area contributed by atoms with Crippen molar-refractivity contribution in [2.45, 2.75) is 32.4 Å². The van der Waals surface area contributed by atoms with Gasteiger partial charge < -0.3 is 5.32 Å². The highest BCUT2D eigenvalue weighted by atomic mass is 15.2. The van der Waals surface area contributed by atoms with Gasteiger partial charge in [0, 0.05) is 31.4 Å². The van der Waals surface area contributed by atoms with E-state index in [0.29, 0.717) is 18.0 Å². The Hall–Kier alpha value is -0.930. The van der Waals surface area contributed by atoms with Gasteiger partial charge in [-0.25, -0.2) is 0 Å². The Kier molecular flexibility index (Phi) is 4.13. The highest BCUT2D eigenvalue weighted by Crippen LogP contribution is 2.25. The van der Waals surface area contributed by atoms with Gasteiger partial charge in [0.15, 0.2) is 0 Å². The smallest absolute Gasteiger partial charge is 0.0572 e. The lowest BCUT2D eigenvalue weighted by Crippen LogP contribution is -2.47. The summed E-state index contributed by atoms with van der Waals surface area (Å²) in [7, 11) is 2.07. The minimum Gasteiger partial charge on any atom is -0.317 e. The van der Waals surface area contributed by atoms with Crippen LogP contribution in [0.15, 0.2) is 24.4 Å². The minimum atomic E-state index is 0.427. The van der Waals surface area contributed by atoms with Gasteiger partial charge in [-0.2, -0.15) is 0 Å². The summed E-state index contributed by atoms with van der Waals surface area (Å²) in [5.74, 6) is 0.708. The maximum Gasteiger partial charge on any atom is 0.0572 e. The second-order valence-electron chi connectivity index (χ2n) is 5.09.